The van der Waals surface area contributed by atoms with Gasteiger partial charge >= 0.3 is 0 Å². The molecule has 0 unspecified atom stereocenters. The minimum absolute atomic E-state index is 0.130. The van der Waals surface area contributed by atoms with Crippen LogP contribution in [-0.4, -0.2) is 23.4 Å². The fourth-order valence-corrected chi connectivity index (χ4v) is 3.02. The van der Waals surface area contributed by atoms with E-state index in [4.69, 9.17) is 4.74 Å². The first-order valence-electron chi connectivity index (χ1n) is 9.03. The van der Waals surface area contributed by atoms with Gasteiger partial charge in [-0.05, 0) is 53.6 Å². The summed E-state index contributed by atoms with van der Waals surface area (Å²) in [6.45, 7) is 1.06. The Morgan fingerprint density at radius 3 is 2.46 bits per heavy atom. The minimum atomic E-state index is -0.192. The zero-order chi connectivity index (χ0) is 19.3. The van der Waals surface area contributed by atoms with E-state index in [1.54, 1.807) is 42.7 Å². The lowest BCUT2D eigenvalue weighted by Gasteiger charge is -2.08. The van der Waals surface area contributed by atoms with Crippen molar-refractivity contribution < 1.29 is 14.3 Å². The Balaban J connectivity index is 1.34. The van der Waals surface area contributed by atoms with E-state index in [-0.39, 0.29) is 11.8 Å². The van der Waals surface area contributed by atoms with Crippen LogP contribution in [0.25, 0.3) is 0 Å². The highest BCUT2D eigenvalue weighted by atomic mass is 16.5. The molecule has 0 spiro atoms. The van der Waals surface area contributed by atoms with Gasteiger partial charge in [-0.3, -0.25) is 14.6 Å². The van der Waals surface area contributed by atoms with Crippen molar-refractivity contribution in [2.24, 2.45) is 0 Å². The number of fused-ring (bicyclic) bond motifs is 1. The van der Waals surface area contributed by atoms with Gasteiger partial charge in [-0.25, -0.2) is 0 Å². The van der Waals surface area contributed by atoms with Crippen LogP contribution in [0.5, 0.6) is 5.75 Å². The normalized spacial score (nSPS) is 12.0. The molecule has 0 fully saturated rings. The molecule has 0 aliphatic carbocycles. The molecular weight excluding hydrogens is 354 g/mol. The van der Waals surface area contributed by atoms with Crippen molar-refractivity contribution in [2.75, 3.05) is 11.9 Å². The first-order chi connectivity index (χ1) is 13.7. The average Bonchev–Trinajstić information content (AvgIpc) is 3.21. The van der Waals surface area contributed by atoms with Crippen LogP contribution in [0.15, 0.2) is 67.0 Å². The number of benzene rings is 2. The number of nitrogens with one attached hydrogen (secondary N) is 2. The lowest BCUT2D eigenvalue weighted by molar-refractivity contribution is 0.0949. The molecule has 0 bridgehead atoms. The van der Waals surface area contributed by atoms with E-state index in [9.17, 15) is 9.59 Å². The number of aromatic nitrogens is 1. The van der Waals surface area contributed by atoms with Crippen molar-refractivity contribution in [3.05, 3.63) is 89.2 Å². The molecule has 1 aliphatic heterocycles. The number of ether oxygens (including phenoxy) is 1. The van der Waals surface area contributed by atoms with Crippen LogP contribution in [0.4, 0.5) is 5.69 Å². The summed E-state index contributed by atoms with van der Waals surface area (Å²) in [6, 6.07) is 16.1. The molecule has 0 atom stereocenters. The quantitative estimate of drug-likeness (QED) is 0.720. The van der Waals surface area contributed by atoms with Crippen LogP contribution in [0.3, 0.4) is 0 Å². The van der Waals surface area contributed by atoms with Gasteiger partial charge in [0.2, 0.25) is 0 Å². The number of carbonyl (C=O) groups is 2. The van der Waals surface area contributed by atoms with Gasteiger partial charge in [0, 0.05) is 42.2 Å². The summed E-state index contributed by atoms with van der Waals surface area (Å²) in [4.78, 5) is 28.6. The second kappa shape index (κ2) is 7.92. The van der Waals surface area contributed by atoms with Gasteiger partial charge in [-0.1, -0.05) is 12.1 Å². The lowest BCUT2D eigenvalue weighted by Crippen LogP contribution is -2.23. The number of pyridine rings is 1. The number of amides is 2. The zero-order valence-electron chi connectivity index (χ0n) is 15.1. The molecule has 28 heavy (non-hydrogen) atoms. The summed E-state index contributed by atoms with van der Waals surface area (Å²) in [5, 5.41) is 5.72. The lowest BCUT2D eigenvalue weighted by atomic mass is 10.1. The standard InChI is InChI=1S/C22H19N3O3/c26-21(18-5-6-20-17(13-18)9-12-28-20)24-14-15-1-3-16(4-2-15)22(27)25-19-7-10-23-11-8-19/h1-8,10-11,13H,9,12,14H2,(H,24,26)(H,23,25,27). The Labute approximate surface area is 162 Å². The maximum Gasteiger partial charge on any atom is 0.255 e. The van der Waals surface area contributed by atoms with E-state index < -0.39 is 0 Å². The van der Waals surface area contributed by atoms with Crippen LogP contribution < -0.4 is 15.4 Å². The molecule has 1 aromatic heterocycles. The number of hydrogen-bond donors (Lipinski definition) is 2. The number of anilines is 1. The molecule has 6 nitrogen and oxygen atoms in total. The molecule has 6 heteroatoms. The highest BCUT2D eigenvalue weighted by Gasteiger charge is 2.15. The first-order valence-corrected chi connectivity index (χ1v) is 9.03. The summed E-state index contributed by atoms with van der Waals surface area (Å²) < 4.78 is 5.46. The molecular formula is C22H19N3O3. The van der Waals surface area contributed by atoms with Gasteiger partial charge in [0.25, 0.3) is 11.8 Å². The minimum Gasteiger partial charge on any atom is -0.493 e. The summed E-state index contributed by atoms with van der Waals surface area (Å²) in [5.74, 6) is 0.536. The zero-order valence-corrected chi connectivity index (χ0v) is 15.1. The van der Waals surface area contributed by atoms with E-state index in [2.05, 4.69) is 15.6 Å². The van der Waals surface area contributed by atoms with Gasteiger partial charge in [0.1, 0.15) is 5.75 Å². The molecule has 2 heterocycles. The van der Waals surface area contributed by atoms with Crippen LogP contribution in [0.2, 0.25) is 0 Å². The molecule has 2 N–H and O–H groups in total. The highest BCUT2D eigenvalue weighted by Crippen LogP contribution is 2.25. The van der Waals surface area contributed by atoms with Crippen molar-refractivity contribution in [3.8, 4) is 5.75 Å². The fraction of sp³-hybridized carbons (Fsp3) is 0.136. The van der Waals surface area contributed by atoms with Gasteiger partial charge in [0.15, 0.2) is 0 Å². The van der Waals surface area contributed by atoms with Crippen LogP contribution in [0.1, 0.15) is 31.8 Å². The van der Waals surface area contributed by atoms with E-state index in [1.165, 1.54) is 0 Å². The van der Waals surface area contributed by atoms with Crippen molar-refractivity contribution in [3.63, 3.8) is 0 Å². The SMILES string of the molecule is O=C(NCc1ccc(C(=O)Nc2ccncc2)cc1)c1ccc2c(c1)CCO2. The first kappa shape index (κ1) is 17.7. The van der Waals surface area contributed by atoms with Gasteiger partial charge in [-0.15, -0.1) is 0 Å². The maximum absolute atomic E-state index is 12.4. The monoisotopic (exact) mass is 373 g/mol. The Morgan fingerprint density at radius 1 is 0.929 bits per heavy atom. The van der Waals surface area contributed by atoms with E-state index in [0.717, 1.165) is 23.3 Å². The summed E-state index contributed by atoms with van der Waals surface area (Å²) in [6.07, 6.45) is 4.07. The molecule has 140 valence electrons. The third-order valence-electron chi connectivity index (χ3n) is 4.56. The molecule has 0 saturated carbocycles. The largest absolute Gasteiger partial charge is 0.493 e. The third kappa shape index (κ3) is 4.01. The summed E-state index contributed by atoms with van der Waals surface area (Å²) in [7, 11) is 0. The Morgan fingerprint density at radius 2 is 1.68 bits per heavy atom. The van der Waals surface area contributed by atoms with Crippen molar-refractivity contribution in [1.82, 2.24) is 10.3 Å². The number of carbonyl (C=O) groups excluding carboxylic acids is 2. The maximum atomic E-state index is 12.4. The number of nitrogens with zero attached hydrogens (tertiary/aromatic N) is 1. The molecule has 0 saturated heterocycles. The van der Waals surface area contributed by atoms with E-state index >= 15 is 0 Å². The molecule has 1 aliphatic rings. The van der Waals surface area contributed by atoms with Crippen molar-refractivity contribution in [2.45, 2.75) is 13.0 Å². The fourth-order valence-electron chi connectivity index (χ4n) is 3.02. The van der Waals surface area contributed by atoms with Gasteiger partial charge < -0.3 is 15.4 Å². The van der Waals surface area contributed by atoms with Crippen LogP contribution >= 0.6 is 0 Å². The van der Waals surface area contributed by atoms with Crippen molar-refractivity contribution >= 4 is 17.5 Å². The third-order valence-corrected chi connectivity index (χ3v) is 4.56. The van der Waals surface area contributed by atoms with E-state index in [0.29, 0.717) is 30.0 Å². The van der Waals surface area contributed by atoms with Crippen LogP contribution in [0, 0.1) is 0 Å². The smallest absolute Gasteiger partial charge is 0.255 e. The molecule has 2 amide bonds. The van der Waals surface area contributed by atoms with E-state index in [1.807, 2.05) is 24.3 Å². The Bertz CT molecular complexity index is 1000. The van der Waals surface area contributed by atoms with Crippen LogP contribution in [-0.2, 0) is 13.0 Å². The van der Waals surface area contributed by atoms with Gasteiger partial charge in [-0.2, -0.15) is 0 Å². The molecule has 0 radical (unpaired) electrons. The molecule has 3 aromatic rings. The average molecular weight is 373 g/mol. The molecule has 2 aromatic carbocycles. The summed E-state index contributed by atoms with van der Waals surface area (Å²) >= 11 is 0. The molecule has 4 rings (SSSR count). The summed E-state index contributed by atoms with van der Waals surface area (Å²) in [5.41, 5.74) is 3.84. The number of hydrogen-bond acceptors (Lipinski definition) is 4. The second-order valence-electron chi connectivity index (χ2n) is 6.49. The van der Waals surface area contributed by atoms with Crippen molar-refractivity contribution in [1.29, 1.82) is 0 Å². The topological polar surface area (TPSA) is 80.3 Å². The Kier molecular flexibility index (Phi) is 5.01. The predicted octanol–water partition coefficient (Wildman–Crippen LogP) is 3.20. The van der Waals surface area contributed by atoms with Gasteiger partial charge in [0.05, 0.1) is 6.61 Å². The number of rotatable bonds is 5. The highest BCUT2D eigenvalue weighted by molar-refractivity contribution is 6.04. The predicted molar refractivity (Wildman–Crippen MR) is 105 cm³/mol. The second-order valence-corrected chi connectivity index (χ2v) is 6.49. The Hall–Kier alpha value is -3.67.